The van der Waals surface area contributed by atoms with Gasteiger partial charge in [0.25, 0.3) is 0 Å². The standard InChI is InChI=1S/C29H39N3O4/c1-31-15-5-7-23(31)6-3-4-16-32-17-13-21(22(20-32)18-29(34)35)8-11-28(33)25-12-14-30-27-10-9-24(36-2)19-26(25)27/h5,7,9-10,12,14-15,19,21-22,28,33H,3-4,6,8,11,13,16-18,20H2,1-2H3,(H,34,35)/t21-,22+,28+/m1/s1. The Kier molecular flexibility index (Phi) is 8.99. The summed E-state index contributed by atoms with van der Waals surface area (Å²) in [7, 11) is 3.72. The number of benzene rings is 1. The van der Waals surface area contributed by atoms with E-state index in [1.807, 2.05) is 24.3 Å². The molecule has 0 amide bonds. The molecule has 36 heavy (non-hydrogen) atoms. The van der Waals surface area contributed by atoms with Crippen LogP contribution in [0.3, 0.4) is 0 Å². The molecule has 0 aliphatic carbocycles. The second-order valence-electron chi connectivity index (χ2n) is 10.2. The van der Waals surface area contributed by atoms with Gasteiger partial charge >= 0.3 is 5.97 Å². The lowest BCUT2D eigenvalue weighted by molar-refractivity contribution is -0.139. The number of carbonyl (C=O) groups is 1. The number of ether oxygens (including phenoxy) is 1. The minimum Gasteiger partial charge on any atom is -0.497 e. The fourth-order valence-corrected chi connectivity index (χ4v) is 5.68. The highest BCUT2D eigenvalue weighted by molar-refractivity contribution is 5.83. The number of aliphatic hydroxyl groups excluding tert-OH is 1. The van der Waals surface area contributed by atoms with Gasteiger partial charge in [-0.05, 0) is 105 Å². The first-order valence-corrected chi connectivity index (χ1v) is 13.1. The number of hydrogen-bond acceptors (Lipinski definition) is 5. The van der Waals surface area contributed by atoms with Crippen LogP contribution in [0.1, 0.15) is 55.9 Å². The van der Waals surface area contributed by atoms with Crippen LogP contribution in [0.4, 0.5) is 0 Å². The zero-order valence-corrected chi connectivity index (χ0v) is 21.5. The molecule has 0 bridgehead atoms. The van der Waals surface area contributed by atoms with E-state index in [0.29, 0.717) is 12.3 Å². The van der Waals surface area contributed by atoms with E-state index >= 15 is 0 Å². The van der Waals surface area contributed by atoms with Crippen LogP contribution in [0.5, 0.6) is 5.75 Å². The summed E-state index contributed by atoms with van der Waals surface area (Å²) in [5.41, 5.74) is 3.04. The maximum absolute atomic E-state index is 11.6. The number of pyridine rings is 1. The molecule has 194 valence electrons. The lowest BCUT2D eigenvalue weighted by Crippen LogP contribution is -2.41. The van der Waals surface area contributed by atoms with Gasteiger partial charge in [0.05, 0.1) is 18.7 Å². The van der Waals surface area contributed by atoms with Gasteiger partial charge in [0.15, 0.2) is 0 Å². The summed E-state index contributed by atoms with van der Waals surface area (Å²) in [5, 5.41) is 21.5. The molecule has 1 fully saturated rings. The highest BCUT2D eigenvalue weighted by atomic mass is 16.5. The third kappa shape index (κ3) is 6.65. The van der Waals surface area contributed by atoms with E-state index in [1.165, 1.54) is 5.69 Å². The third-order valence-electron chi connectivity index (χ3n) is 7.77. The van der Waals surface area contributed by atoms with Crippen molar-refractivity contribution in [2.75, 3.05) is 26.7 Å². The van der Waals surface area contributed by atoms with E-state index in [2.05, 4.69) is 39.8 Å². The summed E-state index contributed by atoms with van der Waals surface area (Å²) < 4.78 is 7.54. The zero-order chi connectivity index (χ0) is 25.5. The molecular weight excluding hydrogens is 454 g/mol. The first-order valence-electron chi connectivity index (χ1n) is 13.1. The van der Waals surface area contributed by atoms with Gasteiger partial charge in [-0.3, -0.25) is 9.78 Å². The van der Waals surface area contributed by atoms with Crippen molar-refractivity contribution in [3.05, 3.63) is 60.0 Å². The van der Waals surface area contributed by atoms with Crippen LogP contribution >= 0.6 is 0 Å². The number of aromatic nitrogens is 2. The van der Waals surface area contributed by atoms with E-state index in [1.54, 1.807) is 13.3 Å². The molecular formula is C29H39N3O4. The van der Waals surface area contributed by atoms with Gasteiger partial charge in [-0.2, -0.15) is 0 Å². The van der Waals surface area contributed by atoms with Crippen molar-refractivity contribution in [3.63, 3.8) is 0 Å². The number of piperidine rings is 1. The molecule has 2 aromatic heterocycles. The van der Waals surface area contributed by atoms with Gasteiger partial charge in [0.1, 0.15) is 5.75 Å². The molecule has 1 aliphatic heterocycles. The smallest absolute Gasteiger partial charge is 0.303 e. The summed E-state index contributed by atoms with van der Waals surface area (Å²) in [6, 6.07) is 11.8. The van der Waals surface area contributed by atoms with Crippen molar-refractivity contribution in [2.45, 2.75) is 51.0 Å². The Bertz CT molecular complexity index is 1140. The Morgan fingerprint density at radius 1 is 1.22 bits per heavy atom. The summed E-state index contributed by atoms with van der Waals surface area (Å²) >= 11 is 0. The van der Waals surface area contributed by atoms with Crippen LogP contribution in [0.25, 0.3) is 10.9 Å². The molecule has 3 atom stereocenters. The maximum atomic E-state index is 11.6. The third-order valence-corrected chi connectivity index (χ3v) is 7.77. The van der Waals surface area contributed by atoms with Gasteiger partial charge in [0.2, 0.25) is 0 Å². The SMILES string of the molecule is COc1ccc2nccc([C@@H](O)CC[C@@H]3CCN(CCCCc4cccn4C)C[C@@H]3CC(=O)O)c2c1. The molecule has 7 heteroatoms. The predicted molar refractivity (Wildman–Crippen MR) is 141 cm³/mol. The van der Waals surface area contributed by atoms with E-state index in [-0.39, 0.29) is 12.3 Å². The fourth-order valence-electron chi connectivity index (χ4n) is 5.68. The molecule has 0 saturated carbocycles. The van der Waals surface area contributed by atoms with Gasteiger partial charge < -0.3 is 24.4 Å². The van der Waals surface area contributed by atoms with Crippen molar-refractivity contribution >= 4 is 16.9 Å². The Morgan fingerprint density at radius 3 is 2.83 bits per heavy atom. The molecule has 4 rings (SSSR count). The average molecular weight is 494 g/mol. The molecule has 1 saturated heterocycles. The van der Waals surface area contributed by atoms with Crippen LogP contribution in [0.15, 0.2) is 48.8 Å². The number of nitrogens with zero attached hydrogens (tertiary/aromatic N) is 3. The normalized spacial score (nSPS) is 19.4. The van der Waals surface area contributed by atoms with Crippen LogP contribution < -0.4 is 4.74 Å². The molecule has 7 nitrogen and oxygen atoms in total. The van der Waals surface area contributed by atoms with Crippen LogP contribution in [-0.2, 0) is 18.3 Å². The largest absolute Gasteiger partial charge is 0.497 e. The van der Waals surface area contributed by atoms with Crippen molar-refractivity contribution in [1.82, 2.24) is 14.5 Å². The number of carboxylic acids is 1. The first kappa shape index (κ1) is 26.2. The number of carboxylic acid groups (broad SMARTS) is 1. The number of hydrogen-bond donors (Lipinski definition) is 2. The number of aryl methyl sites for hydroxylation is 2. The predicted octanol–water partition coefficient (Wildman–Crippen LogP) is 4.83. The minimum atomic E-state index is -0.733. The molecule has 0 radical (unpaired) electrons. The van der Waals surface area contributed by atoms with Gasteiger partial charge in [-0.25, -0.2) is 0 Å². The average Bonchev–Trinajstić information content (AvgIpc) is 3.29. The van der Waals surface area contributed by atoms with Crippen LogP contribution in [0, 0.1) is 11.8 Å². The van der Waals surface area contributed by atoms with Crippen LogP contribution in [0.2, 0.25) is 0 Å². The monoisotopic (exact) mass is 493 g/mol. The molecule has 1 aromatic carbocycles. The van der Waals surface area contributed by atoms with E-state index in [9.17, 15) is 15.0 Å². The fraction of sp³-hybridized carbons (Fsp3) is 0.517. The van der Waals surface area contributed by atoms with Crippen molar-refractivity contribution in [2.24, 2.45) is 18.9 Å². The molecule has 1 aliphatic rings. The maximum Gasteiger partial charge on any atom is 0.303 e. The summed E-state index contributed by atoms with van der Waals surface area (Å²) in [6.45, 7) is 2.84. The Balaban J connectivity index is 1.32. The number of aliphatic carboxylic acids is 1. The van der Waals surface area contributed by atoms with E-state index in [4.69, 9.17) is 4.74 Å². The number of methoxy groups -OCH3 is 1. The zero-order valence-electron chi connectivity index (χ0n) is 21.5. The second kappa shape index (κ2) is 12.4. The Morgan fingerprint density at radius 2 is 2.08 bits per heavy atom. The number of aliphatic hydroxyl groups is 1. The van der Waals surface area contributed by atoms with Crippen molar-refractivity contribution in [1.29, 1.82) is 0 Å². The number of unbranched alkanes of at least 4 members (excludes halogenated alkanes) is 1. The van der Waals surface area contributed by atoms with Crippen LogP contribution in [-0.4, -0.2) is 57.4 Å². The number of rotatable bonds is 12. The molecule has 3 aromatic rings. The highest BCUT2D eigenvalue weighted by Crippen LogP contribution is 2.34. The number of fused-ring (bicyclic) bond motifs is 1. The molecule has 0 spiro atoms. The van der Waals surface area contributed by atoms with Crippen molar-refractivity contribution in [3.8, 4) is 5.75 Å². The van der Waals surface area contributed by atoms with Gasteiger partial charge in [0, 0.05) is 43.5 Å². The van der Waals surface area contributed by atoms with Gasteiger partial charge in [-0.15, -0.1) is 0 Å². The quantitative estimate of drug-likeness (QED) is 0.351. The molecule has 2 N–H and O–H groups in total. The summed E-state index contributed by atoms with van der Waals surface area (Å²) in [5.74, 6) is 0.424. The first-order chi connectivity index (χ1) is 17.4. The van der Waals surface area contributed by atoms with E-state index < -0.39 is 12.1 Å². The summed E-state index contributed by atoms with van der Waals surface area (Å²) in [6.07, 6.45) is 9.12. The molecule has 0 unspecified atom stereocenters. The Labute approximate surface area is 213 Å². The topological polar surface area (TPSA) is 87.8 Å². The second-order valence-corrected chi connectivity index (χ2v) is 10.2. The minimum absolute atomic E-state index is 0.116. The lowest BCUT2D eigenvalue weighted by atomic mass is 9.79. The molecule has 3 heterocycles. The highest BCUT2D eigenvalue weighted by Gasteiger charge is 2.31. The number of likely N-dealkylation sites (tertiary alicyclic amines) is 1. The van der Waals surface area contributed by atoms with Gasteiger partial charge in [-0.1, -0.05) is 0 Å². The van der Waals surface area contributed by atoms with Crippen molar-refractivity contribution < 1.29 is 19.7 Å². The lowest BCUT2D eigenvalue weighted by Gasteiger charge is -2.38. The van der Waals surface area contributed by atoms with E-state index in [0.717, 1.165) is 74.0 Å². The summed E-state index contributed by atoms with van der Waals surface area (Å²) in [4.78, 5) is 18.5. The Hall–Kier alpha value is -2.90.